The van der Waals surface area contributed by atoms with Gasteiger partial charge in [0.1, 0.15) is 30.5 Å². The summed E-state index contributed by atoms with van der Waals surface area (Å²) in [5.41, 5.74) is 4.22. The van der Waals surface area contributed by atoms with Crippen LogP contribution >= 0.6 is 0 Å². The summed E-state index contributed by atoms with van der Waals surface area (Å²) in [6.45, 7) is 1.31. The maximum absolute atomic E-state index is 14.0. The fourth-order valence-electron chi connectivity index (χ4n) is 6.52. The third kappa shape index (κ3) is 9.12. The first-order chi connectivity index (χ1) is 25.5. The Kier molecular flexibility index (Phi) is 13.2. The molecule has 5 atom stereocenters. The van der Waals surface area contributed by atoms with Gasteiger partial charge < -0.3 is 37.9 Å². The zero-order chi connectivity index (χ0) is 36.2. The average Bonchev–Trinajstić information content (AvgIpc) is 3.20. The summed E-state index contributed by atoms with van der Waals surface area (Å²) < 4.78 is 50.8. The highest BCUT2D eigenvalue weighted by molar-refractivity contribution is 6.06. The topological polar surface area (TPSA) is 90.9 Å². The van der Waals surface area contributed by atoms with Gasteiger partial charge in [0.25, 0.3) is 0 Å². The molecule has 1 aliphatic heterocycles. The van der Waals surface area contributed by atoms with E-state index in [-0.39, 0.29) is 36.9 Å². The molecule has 0 bridgehead atoms. The lowest BCUT2D eigenvalue weighted by Crippen LogP contribution is -2.62. The molecule has 0 saturated carbocycles. The molecule has 0 spiro atoms. The Morgan fingerprint density at radius 1 is 0.577 bits per heavy atom. The van der Waals surface area contributed by atoms with E-state index >= 15 is 0 Å². The van der Waals surface area contributed by atoms with Crippen molar-refractivity contribution >= 4 is 5.78 Å². The van der Waals surface area contributed by atoms with Crippen LogP contribution in [0.15, 0.2) is 145 Å². The Balaban J connectivity index is 1.41. The van der Waals surface area contributed by atoms with Crippen molar-refractivity contribution in [1.29, 1.82) is 0 Å². The zero-order valence-electron chi connectivity index (χ0n) is 29.8. The van der Waals surface area contributed by atoms with Crippen molar-refractivity contribution in [3.05, 3.63) is 167 Å². The van der Waals surface area contributed by atoms with Crippen LogP contribution in [0.4, 0.5) is 0 Å². The lowest BCUT2D eigenvalue weighted by atomic mass is 9.85. The quantitative estimate of drug-likeness (QED) is 0.111. The Morgan fingerprint density at radius 3 is 1.48 bits per heavy atom. The van der Waals surface area contributed by atoms with E-state index in [2.05, 4.69) is 0 Å². The molecule has 9 heteroatoms. The van der Waals surface area contributed by atoms with Crippen LogP contribution in [0.5, 0.6) is 0 Å². The zero-order valence-corrected chi connectivity index (χ0v) is 29.8. The minimum atomic E-state index is -1.47. The van der Waals surface area contributed by atoms with E-state index in [0.717, 1.165) is 22.3 Å². The summed E-state index contributed by atoms with van der Waals surface area (Å²) in [5, 5.41) is 0. The van der Waals surface area contributed by atoms with Crippen LogP contribution in [0.2, 0.25) is 0 Å². The van der Waals surface area contributed by atoms with Crippen molar-refractivity contribution in [3.8, 4) is 0 Å². The summed E-state index contributed by atoms with van der Waals surface area (Å²) in [6, 6.07) is 39.6. The van der Waals surface area contributed by atoms with Gasteiger partial charge in [-0.05, 0) is 28.3 Å². The molecule has 4 aromatic rings. The van der Waals surface area contributed by atoms with E-state index < -0.39 is 36.3 Å². The van der Waals surface area contributed by atoms with Crippen LogP contribution in [0.1, 0.15) is 22.3 Å². The fourth-order valence-corrected chi connectivity index (χ4v) is 6.52. The van der Waals surface area contributed by atoms with Crippen molar-refractivity contribution in [2.75, 3.05) is 27.9 Å². The number of rotatable bonds is 17. The van der Waals surface area contributed by atoms with E-state index in [1.807, 2.05) is 121 Å². The van der Waals surface area contributed by atoms with Crippen molar-refractivity contribution in [2.24, 2.45) is 0 Å². The molecule has 6 rings (SSSR count). The lowest BCUT2D eigenvalue weighted by Gasteiger charge is -2.47. The van der Waals surface area contributed by atoms with Gasteiger partial charge in [0, 0.05) is 25.9 Å². The Labute approximate surface area is 305 Å². The Bertz CT molecular complexity index is 1740. The van der Waals surface area contributed by atoms with Crippen molar-refractivity contribution in [1.82, 2.24) is 0 Å². The molecule has 4 aromatic carbocycles. The third-order valence-electron chi connectivity index (χ3n) is 9.25. The summed E-state index contributed by atoms with van der Waals surface area (Å²) in [5.74, 6) is -1.58. The first-order valence-electron chi connectivity index (χ1n) is 17.4. The number of ketones is 1. The van der Waals surface area contributed by atoms with Gasteiger partial charge in [0.2, 0.25) is 5.79 Å². The molecule has 1 fully saturated rings. The normalized spacial score (nSPS) is 22.8. The molecule has 0 radical (unpaired) electrons. The van der Waals surface area contributed by atoms with Gasteiger partial charge in [0.15, 0.2) is 11.5 Å². The fraction of sp³-hybridized carbons (Fsp3) is 0.326. The molecule has 1 heterocycles. The van der Waals surface area contributed by atoms with Crippen molar-refractivity contribution in [3.63, 3.8) is 0 Å². The molecule has 272 valence electrons. The monoisotopic (exact) mass is 706 g/mol. The average molecular weight is 707 g/mol. The summed E-state index contributed by atoms with van der Waals surface area (Å²) >= 11 is 0. The predicted octanol–water partition coefficient (Wildman–Crippen LogP) is 6.76. The molecule has 0 amide bonds. The van der Waals surface area contributed by atoms with Crippen molar-refractivity contribution < 1.29 is 42.7 Å². The minimum Gasteiger partial charge on any atom is -0.495 e. The highest BCUT2D eigenvalue weighted by Crippen LogP contribution is 2.38. The number of carbonyl (C=O) groups excluding carboxylic acids is 1. The van der Waals surface area contributed by atoms with Gasteiger partial charge in [0.05, 0.1) is 40.1 Å². The third-order valence-corrected chi connectivity index (χ3v) is 9.25. The number of carbonyl (C=O) groups is 1. The Hall–Kier alpha value is -4.45. The standard InChI is InChI=1S/C43H46O9/c1-45-38-24-36(44)35(25-43(38,46-2)47-3)39-41(50-28-33-20-12-6-13-21-33)42(51-29-34-22-14-7-15-23-34)40(49-27-32-18-10-5-11-19-32)37(52-39)30-48-26-31-16-8-4-9-17-31/h4-25,37,39-42H,26-30H2,1-3H3/t37-,39+,40-,41+,42+/m1/s1. The molecular formula is C43H46O9. The van der Waals surface area contributed by atoms with Gasteiger partial charge in [-0.3, -0.25) is 4.79 Å². The van der Waals surface area contributed by atoms with Crippen LogP contribution < -0.4 is 0 Å². The molecule has 1 saturated heterocycles. The van der Waals surface area contributed by atoms with Crippen LogP contribution in [0, 0.1) is 0 Å². The van der Waals surface area contributed by atoms with E-state index in [9.17, 15) is 4.79 Å². The number of benzene rings is 4. The van der Waals surface area contributed by atoms with Crippen LogP contribution in [-0.4, -0.2) is 70.0 Å². The molecule has 2 aliphatic rings. The summed E-state index contributed by atoms with van der Waals surface area (Å²) in [6.07, 6.45) is -0.797. The van der Waals surface area contributed by atoms with Gasteiger partial charge in [-0.1, -0.05) is 121 Å². The smallest absolute Gasteiger partial charge is 0.248 e. The predicted molar refractivity (Wildman–Crippen MR) is 195 cm³/mol. The van der Waals surface area contributed by atoms with E-state index in [1.54, 1.807) is 6.08 Å². The second-order valence-corrected chi connectivity index (χ2v) is 12.6. The van der Waals surface area contributed by atoms with Crippen LogP contribution in [-0.2, 0) is 69.1 Å². The second kappa shape index (κ2) is 18.3. The lowest BCUT2D eigenvalue weighted by molar-refractivity contribution is -0.265. The molecular weight excluding hydrogens is 660 g/mol. The molecule has 1 aliphatic carbocycles. The van der Waals surface area contributed by atoms with E-state index in [1.165, 1.54) is 27.4 Å². The van der Waals surface area contributed by atoms with E-state index in [4.69, 9.17) is 37.9 Å². The summed E-state index contributed by atoms with van der Waals surface area (Å²) in [4.78, 5) is 14.0. The number of ether oxygens (including phenoxy) is 8. The molecule has 0 aromatic heterocycles. The highest BCUT2D eigenvalue weighted by atomic mass is 16.7. The minimum absolute atomic E-state index is 0.155. The van der Waals surface area contributed by atoms with E-state index in [0.29, 0.717) is 13.2 Å². The van der Waals surface area contributed by atoms with Gasteiger partial charge in [-0.25, -0.2) is 0 Å². The number of methoxy groups -OCH3 is 3. The molecule has 0 N–H and O–H groups in total. The molecule has 52 heavy (non-hydrogen) atoms. The maximum atomic E-state index is 14.0. The molecule has 0 unspecified atom stereocenters. The number of allylic oxidation sites excluding steroid dienone is 1. The Morgan fingerprint density at radius 2 is 1.02 bits per heavy atom. The highest BCUT2D eigenvalue weighted by Gasteiger charge is 2.52. The maximum Gasteiger partial charge on any atom is 0.248 e. The number of hydrogen-bond donors (Lipinski definition) is 0. The second-order valence-electron chi connectivity index (χ2n) is 12.6. The molecule has 9 nitrogen and oxygen atoms in total. The number of hydrogen-bond acceptors (Lipinski definition) is 9. The van der Waals surface area contributed by atoms with Crippen molar-refractivity contribution in [2.45, 2.75) is 62.7 Å². The largest absolute Gasteiger partial charge is 0.495 e. The van der Waals surface area contributed by atoms with Crippen LogP contribution in [0.25, 0.3) is 0 Å². The first-order valence-corrected chi connectivity index (χ1v) is 17.4. The SMILES string of the molecule is COC1=CC(=O)C([C@@H]2O[C@H](COCc3ccccc3)[C@@H](OCc3ccccc3)[C@H](OCc3ccccc3)[C@H]2OCc2ccccc2)=CC1(OC)OC. The van der Waals surface area contributed by atoms with Gasteiger partial charge in [-0.2, -0.15) is 0 Å². The summed E-state index contributed by atoms with van der Waals surface area (Å²) in [7, 11) is 4.45. The first kappa shape index (κ1) is 37.3. The van der Waals surface area contributed by atoms with Crippen LogP contribution in [0.3, 0.4) is 0 Å². The van der Waals surface area contributed by atoms with Gasteiger partial charge in [-0.15, -0.1) is 0 Å². The van der Waals surface area contributed by atoms with Gasteiger partial charge >= 0.3 is 0 Å².